The van der Waals surface area contributed by atoms with Crippen LogP contribution < -0.4 is 16.2 Å². The third-order valence-electron chi connectivity index (χ3n) is 6.04. The molecule has 10 nitrogen and oxygen atoms in total. The maximum absolute atomic E-state index is 13.7. The van der Waals surface area contributed by atoms with Gasteiger partial charge in [-0.3, -0.25) is 9.59 Å². The third-order valence-corrected chi connectivity index (χ3v) is 7.37. The van der Waals surface area contributed by atoms with E-state index in [1.54, 1.807) is 36.4 Å². The minimum atomic E-state index is -4.12. The van der Waals surface area contributed by atoms with Crippen LogP contribution in [0.25, 0.3) is 10.9 Å². The van der Waals surface area contributed by atoms with Gasteiger partial charge in [-0.2, -0.15) is 8.42 Å². The number of aryl methyl sites for hydroxylation is 1. The molecule has 5 rings (SSSR count). The van der Waals surface area contributed by atoms with Crippen LogP contribution in [-0.2, 0) is 16.6 Å². The average Bonchev–Trinajstić information content (AvgIpc) is 3.39. The molecule has 2 aromatic heterocycles. The van der Waals surface area contributed by atoms with E-state index in [4.69, 9.17) is 4.42 Å². The molecule has 0 atom stereocenters. The molecule has 0 aliphatic carbocycles. The normalized spacial score (nSPS) is 14.2. The second-order valence-corrected chi connectivity index (χ2v) is 10.6. The number of aromatic nitrogens is 1. The van der Waals surface area contributed by atoms with E-state index in [0.29, 0.717) is 24.2 Å². The van der Waals surface area contributed by atoms with Crippen molar-refractivity contribution in [1.82, 2.24) is 4.57 Å². The Kier molecular flexibility index (Phi) is 6.08. The molecule has 0 saturated carbocycles. The van der Waals surface area contributed by atoms with E-state index >= 15 is 0 Å². The van der Waals surface area contributed by atoms with Gasteiger partial charge >= 0.3 is 0 Å². The molecule has 0 unspecified atom stereocenters. The fourth-order valence-corrected chi connectivity index (χ4v) is 5.29. The van der Waals surface area contributed by atoms with Gasteiger partial charge in [0.05, 0.1) is 17.5 Å². The lowest BCUT2D eigenvalue weighted by molar-refractivity contribution is 0.0996. The van der Waals surface area contributed by atoms with Crippen LogP contribution in [0.5, 0.6) is 5.75 Å². The Morgan fingerprint density at radius 3 is 2.68 bits per heavy atom. The van der Waals surface area contributed by atoms with Crippen LogP contribution in [-0.4, -0.2) is 29.8 Å². The number of amidine groups is 1. The second-order valence-electron chi connectivity index (χ2n) is 9.06. The van der Waals surface area contributed by atoms with E-state index in [2.05, 4.69) is 15.0 Å². The lowest BCUT2D eigenvalue weighted by atomic mass is 10.1. The summed E-state index contributed by atoms with van der Waals surface area (Å²) in [5.74, 6) is -0.819. The standard InChI is InChI=1S/C26H24N4O6S/c1-15(2)11-12-30-19-10-9-16(27-25(32)20-7-5-13-36-20)14-17(19)23(31)22(26(30)33)24-28-18-6-3-4-8-21(18)37(34,35)29-24/h3-10,13-15,31H,11-12H2,1-2H3,(H,27,32)(H,28,29). The number of nitrogens with zero attached hydrogens (tertiary/aromatic N) is 2. The van der Waals surface area contributed by atoms with Crippen molar-refractivity contribution in [3.63, 3.8) is 0 Å². The first-order valence-electron chi connectivity index (χ1n) is 11.6. The van der Waals surface area contributed by atoms with Gasteiger partial charge in [0.2, 0.25) is 0 Å². The molecule has 190 valence electrons. The Labute approximate surface area is 212 Å². The summed E-state index contributed by atoms with van der Waals surface area (Å²) < 4.78 is 36.1. The first-order valence-corrected chi connectivity index (χ1v) is 13.1. The number of amides is 1. The molecule has 3 heterocycles. The highest BCUT2D eigenvalue weighted by Gasteiger charge is 2.29. The van der Waals surface area contributed by atoms with Gasteiger partial charge in [-0.25, -0.2) is 0 Å². The summed E-state index contributed by atoms with van der Waals surface area (Å²) in [6, 6.07) is 14.1. The summed E-state index contributed by atoms with van der Waals surface area (Å²) in [6.07, 6.45) is 2.04. The summed E-state index contributed by atoms with van der Waals surface area (Å²) in [4.78, 5) is 26.1. The summed E-state index contributed by atoms with van der Waals surface area (Å²) in [6.45, 7) is 4.37. The maximum atomic E-state index is 13.7. The number of pyridine rings is 1. The molecule has 0 fully saturated rings. The average molecular weight is 521 g/mol. The predicted octanol–water partition coefficient (Wildman–Crippen LogP) is 4.16. The number of anilines is 2. The van der Waals surface area contributed by atoms with Crippen LogP contribution in [0.3, 0.4) is 0 Å². The molecule has 2 aromatic carbocycles. The molecular weight excluding hydrogens is 496 g/mol. The van der Waals surface area contributed by atoms with Crippen LogP contribution >= 0.6 is 0 Å². The first-order chi connectivity index (χ1) is 17.7. The third kappa shape index (κ3) is 4.49. The predicted molar refractivity (Wildman–Crippen MR) is 140 cm³/mol. The highest BCUT2D eigenvalue weighted by atomic mass is 32.2. The summed E-state index contributed by atoms with van der Waals surface area (Å²) in [5.41, 5.74) is 0.172. The topological polar surface area (TPSA) is 143 Å². The van der Waals surface area contributed by atoms with Crippen molar-refractivity contribution >= 4 is 44.0 Å². The maximum Gasteiger partial charge on any atom is 0.291 e. The SMILES string of the molecule is CC(C)CCn1c(=O)c(C2=NS(=O)(=O)c3ccccc3N2)c(O)c2cc(NC(=O)c3ccco3)ccc21. The monoisotopic (exact) mass is 520 g/mol. The zero-order valence-corrected chi connectivity index (χ0v) is 20.9. The molecular formula is C26H24N4O6S. The minimum Gasteiger partial charge on any atom is -0.506 e. The van der Waals surface area contributed by atoms with E-state index in [0.717, 1.165) is 0 Å². The zero-order valence-electron chi connectivity index (χ0n) is 20.1. The second kappa shape index (κ2) is 9.25. The van der Waals surface area contributed by atoms with Gasteiger partial charge in [0.25, 0.3) is 21.5 Å². The lowest BCUT2D eigenvalue weighted by Crippen LogP contribution is -2.33. The molecule has 1 amide bonds. The number of carbonyl (C=O) groups excluding carboxylic acids is 1. The summed E-state index contributed by atoms with van der Waals surface area (Å²) in [7, 11) is -4.12. The van der Waals surface area contributed by atoms with E-state index in [1.165, 1.54) is 29.0 Å². The van der Waals surface area contributed by atoms with E-state index in [-0.39, 0.29) is 39.0 Å². The van der Waals surface area contributed by atoms with Gasteiger partial charge in [-0.05, 0) is 54.8 Å². The number of sulfonamides is 1. The van der Waals surface area contributed by atoms with Crippen LogP contribution in [0, 0.1) is 5.92 Å². The van der Waals surface area contributed by atoms with E-state index < -0.39 is 27.2 Å². The van der Waals surface area contributed by atoms with Crippen LogP contribution in [0.4, 0.5) is 11.4 Å². The number of para-hydroxylation sites is 1. The molecule has 37 heavy (non-hydrogen) atoms. The molecule has 0 radical (unpaired) electrons. The Balaban J connectivity index is 1.68. The number of fused-ring (bicyclic) bond motifs is 2. The van der Waals surface area contributed by atoms with Crippen molar-refractivity contribution in [2.75, 3.05) is 10.6 Å². The largest absolute Gasteiger partial charge is 0.506 e. The highest BCUT2D eigenvalue weighted by Crippen LogP contribution is 2.33. The zero-order chi connectivity index (χ0) is 26.3. The van der Waals surface area contributed by atoms with E-state index in [1.807, 2.05) is 13.8 Å². The Hall–Kier alpha value is -4.38. The molecule has 3 N–H and O–H groups in total. The molecule has 0 bridgehead atoms. The van der Waals surface area contributed by atoms with Crippen molar-refractivity contribution < 1.29 is 22.7 Å². The Morgan fingerprint density at radius 1 is 1.16 bits per heavy atom. The number of aromatic hydroxyl groups is 1. The molecule has 11 heteroatoms. The molecule has 4 aromatic rings. The van der Waals surface area contributed by atoms with Gasteiger partial charge < -0.3 is 24.7 Å². The fraction of sp³-hybridized carbons (Fsp3) is 0.192. The van der Waals surface area contributed by atoms with Gasteiger partial charge in [0, 0.05) is 17.6 Å². The molecule has 1 aliphatic rings. The smallest absolute Gasteiger partial charge is 0.291 e. The number of hydrogen-bond donors (Lipinski definition) is 3. The van der Waals surface area contributed by atoms with Crippen molar-refractivity contribution in [3.05, 3.63) is 82.5 Å². The molecule has 1 aliphatic heterocycles. The molecule has 0 saturated heterocycles. The minimum absolute atomic E-state index is 0.0258. The van der Waals surface area contributed by atoms with Crippen LogP contribution in [0.2, 0.25) is 0 Å². The number of hydrogen-bond acceptors (Lipinski definition) is 7. The number of carbonyl (C=O) groups is 1. The van der Waals surface area contributed by atoms with E-state index in [9.17, 15) is 23.1 Å². The van der Waals surface area contributed by atoms with Crippen LogP contribution in [0.15, 0.2) is 79.4 Å². The van der Waals surface area contributed by atoms with Gasteiger partial charge in [-0.1, -0.05) is 26.0 Å². The number of benzene rings is 2. The van der Waals surface area contributed by atoms with Crippen molar-refractivity contribution in [2.45, 2.75) is 31.7 Å². The fourth-order valence-electron chi connectivity index (χ4n) is 4.17. The lowest BCUT2D eigenvalue weighted by Gasteiger charge is -2.21. The number of nitrogens with one attached hydrogen (secondary N) is 2. The van der Waals surface area contributed by atoms with Crippen LogP contribution in [0.1, 0.15) is 36.4 Å². The van der Waals surface area contributed by atoms with Gasteiger partial charge in [0.15, 0.2) is 11.6 Å². The Morgan fingerprint density at radius 2 is 1.95 bits per heavy atom. The molecule has 0 spiro atoms. The number of rotatable bonds is 6. The highest BCUT2D eigenvalue weighted by molar-refractivity contribution is 7.90. The first kappa shape index (κ1) is 24.3. The van der Waals surface area contributed by atoms with Crippen molar-refractivity contribution in [1.29, 1.82) is 0 Å². The number of furan rings is 1. The van der Waals surface area contributed by atoms with Gasteiger partial charge in [0.1, 0.15) is 16.2 Å². The quantitative estimate of drug-likeness (QED) is 0.346. The van der Waals surface area contributed by atoms with Gasteiger partial charge in [-0.15, -0.1) is 4.40 Å². The van der Waals surface area contributed by atoms with Crippen molar-refractivity contribution in [2.24, 2.45) is 10.3 Å². The summed E-state index contributed by atoms with van der Waals surface area (Å²) >= 11 is 0. The Bertz CT molecular complexity index is 1720. The van der Waals surface area contributed by atoms with Crippen molar-refractivity contribution in [3.8, 4) is 5.75 Å². The summed E-state index contributed by atoms with van der Waals surface area (Å²) in [5, 5.41) is 17.1.